The van der Waals surface area contributed by atoms with Gasteiger partial charge in [0.05, 0.1) is 12.3 Å². The molecule has 8 atom stereocenters. The predicted molar refractivity (Wildman–Crippen MR) is 140 cm³/mol. The standard InChI is InChI=1S/C30H53NO4/c1-11-27(4,5)24-19(16-23(32)35-31)15-21(25(24)28(6,7)12-2)18(3)26(33)34-22-17-20-13-14-30(22,10)29(20,8)9/h18-22,24-25H,11-17,31H2,1-10H3. The maximum atomic E-state index is 13.8. The molecule has 2 bridgehead atoms. The number of hydrogen-bond acceptors (Lipinski definition) is 5. The monoisotopic (exact) mass is 491 g/mol. The van der Waals surface area contributed by atoms with Crippen molar-refractivity contribution in [3.05, 3.63) is 0 Å². The molecule has 0 aromatic heterocycles. The first-order chi connectivity index (χ1) is 16.1. The molecule has 0 saturated heterocycles. The summed E-state index contributed by atoms with van der Waals surface area (Å²) >= 11 is 0. The summed E-state index contributed by atoms with van der Waals surface area (Å²) in [4.78, 5) is 30.7. The molecule has 5 nitrogen and oxygen atoms in total. The summed E-state index contributed by atoms with van der Waals surface area (Å²) in [5.74, 6) is 6.23. The van der Waals surface area contributed by atoms with E-state index in [9.17, 15) is 9.59 Å². The van der Waals surface area contributed by atoms with Crippen molar-refractivity contribution in [2.75, 3.05) is 0 Å². The van der Waals surface area contributed by atoms with Gasteiger partial charge in [0.15, 0.2) is 0 Å². The highest BCUT2D eigenvalue weighted by Gasteiger charge is 2.63. The number of rotatable bonds is 9. The van der Waals surface area contributed by atoms with E-state index in [2.05, 4.69) is 74.1 Å². The summed E-state index contributed by atoms with van der Waals surface area (Å²) in [6.45, 7) is 22.9. The molecule has 0 amide bonds. The Morgan fingerprint density at radius 3 is 2.03 bits per heavy atom. The van der Waals surface area contributed by atoms with Crippen molar-refractivity contribution in [3.8, 4) is 0 Å². The van der Waals surface area contributed by atoms with E-state index in [-0.39, 0.29) is 57.5 Å². The first-order valence-electron chi connectivity index (χ1n) is 14.2. The molecule has 3 rings (SSSR count). The van der Waals surface area contributed by atoms with E-state index in [4.69, 9.17) is 10.6 Å². The van der Waals surface area contributed by atoms with Gasteiger partial charge in [-0.2, -0.15) is 5.90 Å². The molecule has 0 heterocycles. The van der Waals surface area contributed by atoms with E-state index in [1.165, 1.54) is 6.42 Å². The number of esters is 1. The number of carbonyl (C=O) groups excluding carboxylic acids is 2. The summed E-state index contributed by atoms with van der Waals surface area (Å²) in [6, 6.07) is 0. The quantitative estimate of drug-likeness (QED) is 0.279. The molecule has 3 saturated carbocycles. The Hall–Kier alpha value is -1.10. The van der Waals surface area contributed by atoms with Crippen molar-refractivity contribution in [1.82, 2.24) is 0 Å². The smallest absolute Gasteiger partial charge is 0.324 e. The average molecular weight is 492 g/mol. The number of hydrogen-bond donors (Lipinski definition) is 1. The third kappa shape index (κ3) is 4.68. The SMILES string of the molecule is CCC(C)(C)C1C(CC(=O)ON)CC(C(C)C(=O)OC2CC3CCC2(C)C3(C)C)C1C(C)(C)CC. The van der Waals surface area contributed by atoms with Crippen LogP contribution in [0.2, 0.25) is 0 Å². The number of fused-ring (bicyclic) bond motifs is 2. The molecule has 0 aliphatic heterocycles. The van der Waals surface area contributed by atoms with Crippen LogP contribution in [-0.4, -0.2) is 18.0 Å². The zero-order chi connectivity index (χ0) is 26.6. The third-order valence-electron chi connectivity index (χ3n) is 12.1. The van der Waals surface area contributed by atoms with Crippen LogP contribution in [0.1, 0.15) is 114 Å². The molecule has 3 fully saturated rings. The number of nitrogens with two attached hydrogens (primary N) is 1. The lowest BCUT2D eigenvalue weighted by Gasteiger charge is -2.47. The zero-order valence-corrected chi connectivity index (χ0v) is 24.2. The number of carbonyl (C=O) groups is 2. The molecule has 35 heavy (non-hydrogen) atoms. The van der Waals surface area contributed by atoms with E-state index < -0.39 is 0 Å². The lowest BCUT2D eigenvalue weighted by Crippen LogP contribution is -2.43. The summed E-state index contributed by atoms with van der Waals surface area (Å²) in [7, 11) is 0. The molecule has 3 aliphatic rings. The normalized spacial score (nSPS) is 37.3. The van der Waals surface area contributed by atoms with Gasteiger partial charge in [-0.1, -0.05) is 82.1 Å². The fourth-order valence-electron chi connectivity index (χ4n) is 8.58. The van der Waals surface area contributed by atoms with Gasteiger partial charge in [0.2, 0.25) is 0 Å². The Morgan fingerprint density at radius 1 is 1.00 bits per heavy atom. The minimum Gasteiger partial charge on any atom is -0.462 e. The van der Waals surface area contributed by atoms with E-state index >= 15 is 0 Å². The highest BCUT2D eigenvalue weighted by atomic mass is 16.7. The van der Waals surface area contributed by atoms with Crippen molar-refractivity contribution >= 4 is 11.9 Å². The second-order valence-corrected chi connectivity index (χ2v) is 14.4. The highest BCUT2D eigenvalue weighted by Crippen LogP contribution is 2.66. The molecule has 5 heteroatoms. The molecule has 0 aromatic carbocycles. The second kappa shape index (κ2) is 9.65. The van der Waals surface area contributed by atoms with Crippen LogP contribution < -0.4 is 5.90 Å². The van der Waals surface area contributed by atoms with Crippen LogP contribution in [-0.2, 0) is 19.2 Å². The lowest BCUT2D eigenvalue weighted by atomic mass is 9.58. The molecule has 8 unspecified atom stereocenters. The van der Waals surface area contributed by atoms with Gasteiger partial charge in [0.1, 0.15) is 6.10 Å². The van der Waals surface area contributed by atoms with Crippen LogP contribution >= 0.6 is 0 Å². The van der Waals surface area contributed by atoms with Crippen LogP contribution in [0.5, 0.6) is 0 Å². The summed E-state index contributed by atoms with van der Waals surface area (Å²) in [6.07, 6.45) is 6.58. The van der Waals surface area contributed by atoms with Crippen molar-refractivity contribution < 1.29 is 19.2 Å². The summed E-state index contributed by atoms with van der Waals surface area (Å²) in [5.41, 5.74) is 0.353. The molecule has 0 spiro atoms. The molecule has 2 N–H and O–H groups in total. The maximum absolute atomic E-state index is 13.8. The van der Waals surface area contributed by atoms with Gasteiger partial charge in [-0.3, -0.25) is 9.59 Å². The molecule has 202 valence electrons. The molecular weight excluding hydrogens is 438 g/mol. The van der Waals surface area contributed by atoms with Crippen LogP contribution in [0.3, 0.4) is 0 Å². The summed E-state index contributed by atoms with van der Waals surface area (Å²) in [5, 5.41) is 0. The Labute approximate surface area is 214 Å². The Balaban J connectivity index is 1.90. The van der Waals surface area contributed by atoms with Crippen LogP contribution in [0.25, 0.3) is 0 Å². The number of ether oxygens (including phenoxy) is 1. The molecule has 3 aliphatic carbocycles. The molecule has 0 radical (unpaired) electrons. The van der Waals surface area contributed by atoms with Crippen molar-refractivity contribution in [2.45, 2.75) is 120 Å². The average Bonchev–Trinajstić information content (AvgIpc) is 3.35. The van der Waals surface area contributed by atoms with Gasteiger partial charge in [-0.05, 0) is 71.5 Å². The van der Waals surface area contributed by atoms with Crippen molar-refractivity contribution in [3.63, 3.8) is 0 Å². The van der Waals surface area contributed by atoms with E-state index in [1.54, 1.807) is 0 Å². The Kier molecular flexibility index (Phi) is 7.85. The van der Waals surface area contributed by atoms with Gasteiger partial charge in [-0.15, -0.1) is 0 Å². The fraction of sp³-hybridized carbons (Fsp3) is 0.933. The zero-order valence-electron chi connectivity index (χ0n) is 24.2. The maximum Gasteiger partial charge on any atom is 0.324 e. The predicted octanol–water partition coefficient (Wildman–Crippen LogP) is 6.93. The lowest BCUT2D eigenvalue weighted by molar-refractivity contribution is -0.164. The molecular formula is C30H53NO4. The second-order valence-electron chi connectivity index (χ2n) is 14.4. The third-order valence-corrected chi connectivity index (χ3v) is 12.1. The molecule has 0 aromatic rings. The Morgan fingerprint density at radius 2 is 1.57 bits per heavy atom. The van der Waals surface area contributed by atoms with Gasteiger partial charge >= 0.3 is 11.9 Å². The van der Waals surface area contributed by atoms with E-state index in [0.717, 1.165) is 32.1 Å². The van der Waals surface area contributed by atoms with Crippen LogP contribution in [0.15, 0.2) is 0 Å². The van der Waals surface area contributed by atoms with Gasteiger partial charge in [-0.25, -0.2) is 0 Å². The van der Waals surface area contributed by atoms with E-state index in [0.29, 0.717) is 24.2 Å². The minimum absolute atomic E-state index is 0.0103. The minimum atomic E-state index is -0.354. The Bertz CT molecular complexity index is 802. The van der Waals surface area contributed by atoms with Crippen LogP contribution in [0.4, 0.5) is 0 Å². The highest BCUT2D eigenvalue weighted by molar-refractivity contribution is 5.73. The first kappa shape index (κ1) is 28.5. The largest absolute Gasteiger partial charge is 0.462 e. The van der Waals surface area contributed by atoms with Gasteiger partial charge in [0, 0.05) is 5.41 Å². The van der Waals surface area contributed by atoms with Crippen molar-refractivity contribution in [1.29, 1.82) is 0 Å². The topological polar surface area (TPSA) is 78.6 Å². The van der Waals surface area contributed by atoms with E-state index in [1.807, 2.05) is 0 Å². The van der Waals surface area contributed by atoms with Gasteiger partial charge in [0.25, 0.3) is 0 Å². The fourth-order valence-corrected chi connectivity index (χ4v) is 8.58. The summed E-state index contributed by atoms with van der Waals surface area (Å²) < 4.78 is 6.39. The van der Waals surface area contributed by atoms with Crippen molar-refractivity contribution in [2.24, 2.45) is 63.1 Å². The van der Waals surface area contributed by atoms with Crippen LogP contribution in [0, 0.1) is 57.2 Å². The van der Waals surface area contributed by atoms with Gasteiger partial charge < -0.3 is 9.57 Å². The first-order valence-corrected chi connectivity index (χ1v) is 14.2.